The molecular weight excluding hydrogens is 318 g/mol. The second kappa shape index (κ2) is 7.26. The van der Waals surface area contributed by atoms with Crippen LogP contribution in [0.1, 0.15) is 24.0 Å². The van der Waals surface area contributed by atoms with Gasteiger partial charge in [0.25, 0.3) is 0 Å². The SMILES string of the molecule is C=C1CCN(C(=O)CSc2nccn2-c2cc(C)cc(C)c2)CC1. The van der Waals surface area contributed by atoms with Crippen molar-refractivity contribution in [2.45, 2.75) is 31.8 Å². The lowest BCUT2D eigenvalue weighted by atomic mass is 10.1. The van der Waals surface area contributed by atoms with E-state index in [1.54, 1.807) is 6.20 Å². The Hall–Kier alpha value is -2.01. The molecule has 0 atom stereocenters. The normalized spacial score (nSPS) is 14.9. The van der Waals surface area contributed by atoms with Crippen molar-refractivity contribution in [3.63, 3.8) is 0 Å². The number of benzene rings is 1. The molecule has 24 heavy (non-hydrogen) atoms. The van der Waals surface area contributed by atoms with Gasteiger partial charge in [-0.05, 0) is 49.9 Å². The Balaban J connectivity index is 1.67. The van der Waals surface area contributed by atoms with Crippen LogP contribution in [0.2, 0.25) is 0 Å². The Labute approximate surface area is 147 Å². The highest BCUT2D eigenvalue weighted by molar-refractivity contribution is 7.99. The lowest BCUT2D eigenvalue weighted by molar-refractivity contribution is -0.128. The molecule has 1 aliphatic rings. The zero-order chi connectivity index (χ0) is 17.1. The first-order valence-electron chi connectivity index (χ1n) is 8.22. The summed E-state index contributed by atoms with van der Waals surface area (Å²) in [5.41, 5.74) is 4.78. The molecule has 3 rings (SSSR count). The molecule has 0 unspecified atom stereocenters. The van der Waals surface area contributed by atoms with Gasteiger partial charge in [0.15, 0.2) is 5.16 Å². The summed E-state index contributed by atoms with van der Waals surface area (Å²) < 4.78 is 2.05. The van der Waals surface area contributed by atoms with Crippen molar-refractivity contribution in [3.8, 4) is 5.69 Å². The van der Waals surface area contributed by atoms with E-state index in [2.05, 4.69) is 48.2 Å². The van der Waals surface area contributed by atoms with Crippen LogP contribution in [0.3, 0.4) is 0 Å². The van der Waals surface area contributed by atoms with Gasteiger partial charge in [-0.3, -0.25) is 9.36 Å². The quantitative estimate of drug-likeness (QED) is 0.628. The monoisotopic (exact) mass is 341 g/mol. The second-order valence-corrected chi connectivity index (χ2v) is 7.29. The van der Waals surface area contributed by atoms with Gasteiger partial charge in [-0.1, -0.05) is 30.0 Å². The summed E-state index contributed by atoms with van der Waals surface area (Å²) in [5.74, 6) is 0.608. The molecule has 4 nitrogen and oxygen atoms in total. The van der Waals surface area contributed by atoms with E-state index in [-0.39, 0.29) is 5.91 Å². The highest BCUT2D eigenvalue weighted by Crippen LogP contribution is 2.23. The number of imidazole rings is 1. The maximum Gasteiger partial charge on any atom is 0.233 e. The number of hydrogen-bond acceptors (Lipinski definition) is 3. The third-order valence-electron chi connectivity index (χ3n) is 4.24. The van der Waals surface area contributed by atoms with E-state index in [9.17, 15) is 4.79 Å². The van der Waals surface area contributed by atoms with Gasteiger partial charge in [-0.15, -0.1) is 0 Å². The average molecular weight is 341 g/mol. The van der Waals surface area contributed by atoms with Crippen LogP contribution >= 0.6 is 11.8 Å². The highest BCUT2D eigenvalue weighted by atomic mass is 32.2. The smallest absolute Gasteiger partial charge is 0.233 e. The van der Waals surface area contributed by atoms with Gasteiger partial charge in [-0.25, -0.2) is 4.98 Å². The fourth-order valence-electron chi connectivity index (χ4n) is 2.97. The summed E-state index contributed by atoms with van der Waals surface area (Å²) in [7, 11) is 0. The molecule has 0 saturated carbocycles. The summed E-state index contributed by atoms with van der Waals surface area (Å²) in [6.07, 6.45) is 5.59. The minimum Gasteiger partial charge on any atom is -0.341 e. The van der Waals surface area contributed by atoms with E-state index in [0.29, 0.717) is 5.75 Å². The molecule has 2 aromatic rings. The van der Waals surface area contributed by atoms with Gasteiger partial charge in [0.1, 0.15) is 0 Å². The third kappa shape index (κ3) is 3.90. The number of hydrogen-bond donors (Lipinski definition) is 0. The van der Waals surface area contributed by atoms with Crippen molar-refractivity contribution >= 4 is 17.7 Å². The van der Waals surface area contributed by atoms with Crippen molar-refractivity contribution in [3.05, 3.63) is 53.9 Å². The second-order valence-electron chi connectivity index (χ2n) is 6.35. The molecule has 0 N–H and O–H groups in total. The van der Waals surface area contributed by atoms with E-state index in [1.165, 1.54) is 28.5 Å². The molecule has 1 aliphatic heterocycles. The first-order valence-corrected chi connectivity index (χ1v) is 9.21. The molecule has 0 aliphatic carbocycles. The Morgan fingerprint density at radius 1 is 1.21 bits per heavy atom. The zero-order valence-electron chi connectivity index (χ0n) is 14.3. The number of carbonyl (C=O) groups excluding carboxylic acids is 1. The van der Waals surface area contributed by atoms with Gasteiger partial charge in [-0.2, -0.15) is 0 Å². The van der Waals surface area contributed by atoms with Crippen molar-refractivity contribution in [2.24, 2.45) is 0 Å². The number of thioether (sulfide) groups is 1. The number of rotatable bonds is 4. The number of piperidine rings is 1. The summed E-state index contributed by atoms with van der Waals surface area (Å²) >= 11 is 1.50. The van der Waals surface area contributed by atoms with Gasteiger partial charge in [0.05, 0.1) is 5.75 Å². The van der Waals surface area contributed by atoms with Crippen LogP contribution < -0.4 is 0 Å². The lowest BCUT2D eigenvalue weighted by Crippen LogP contribution is -2.37. The van der Waals surface area contributed by atoms with Crippen LogP contribution in [0.5, 0.6) is 0 Å². The number of likely N-dealkylation sites (tertiary alicyclic amines) is 1. The van der Waals surface area contributed by atoms with Crippen LogP contribution in [0, 0.1) is 13.8 Å². The first-order chi connectivity index (χ1) is 11.5. The van der Waals surface area contributed by atoms with Crippen molar-refractivity contribution in [1.29, 1.82) is 0 Å². The van der Waals surface area contributed by atoms with Crippen molar-refractivity contribution in [2.75, 3.05) is 18.8 Å². The largest absolute Gasteiger partial charge is 0.341 e. The number of amides is 1. The summed E-state index contributed by atoms with van der Waals surface area (Å²) in [4.78, 5) is 18.8. The molecule has 0 radical (unpaired) electrons. The molecule has 5 heteroatoms. The molecule has 1 aromatic carbocycles. The molecule has 0 bridgehead atoms. The number of carbonyl (C=O) groups is 1. The van der Waals surface area contributed by atoms with Crippen LogP contribution in [0.4, 0.5) is 0 Å². The van der Waals surface area contributed by atoms with Crippen LogP contribution in [0.25, 0.3) is 5.69 Å². The van der Waals surface area contributed by atoms with Gasteiger partial charge < -0.3 is 4.90 Å². The fraction of sp³-hybridized carbons (Fsp3) is 0.368. The fourth-order valence-corrected chi connectivity index (χ4v) is 3.85. The predicted octanol–water partition coefficient (Wildman–Crippen LogP) is 3.76. The van der Waals surface area contributed by atoms with Gasteiger partial charge >= 0.3 is 0 Å². The van der Waals surface area contributed by atoms with E-state index in [1.807, 2.05) is 11.1 Å². The van der Waals surface area contributed by atoms with Crippen molar-refractivity contribution in [1.82, 2.24) is 14.5 Å². The first kappa shape index (κ1) is 16.8. The molecular formula is C19H23N3OS. The van der Waals surface area contributed by atoms with Crippen molar-refractivity contribution < 1.29 is 4.79 Å². The Kier molecular flexibility index (Phi) is 5.09. The Morgan fingerprint density at radius 3 is 2.54 bits per heavy atom. The van der Waals surface area contributed by atoms with Crippen LogP contribution in [0.15, 0.2) is 47.9 Å². The average Bonchev–Trinajstić information content (AvgIpc) is 3.01. The van der Waals surface area contributed by atoms with E-state index in [0.717, 1.165) is 36.8 Å². The number of aryl methyl sites for hydroxylation is 2. The molecule has 1 amide bonds. The molecule has 1 saturated heterocycles. The summed E-state index contributed by atoms with van der Waals surface area (Å²) in [6, 6.07) is 6.43. The summed E-state index contributed by atoms with van der Waals surface area (Å²) in [6.45, 7) is 9.77. The third-order valence-corrected chi connectivity index (χ3v) is 5.19. The van der Waals surface area contributed by atoms with Gasteiger partial charge in [0, 0.05) is 31.2 Å². The highest BCUT2D eigenvalue weighted by Gasteiger charge is 2.19. The number of nitrogens with zero attached hydrogens (tertiary/aromatic N) is 3. The molecule has 0 spiro atoms. The summed E-state index contributed by atoms with van der Waals surface area (Å²) in [5, 5.41) is 0.856. The van der Waals surface area contributed by atoms with E-state index in [4.69, 9.17) is 0 Å². The maximum atomic E-state index is 12.4. The molecule has 1 fully saturated rings. The van der Waals surface area contributed by atoms with Gasteiger partial charge in [0.2, 0.25) is 5.91 Å². The van der Waals surface area contributed by atoms with E-state index >= 15 is 0 Å². The lowest BCUT2D eigenvalue weighted by Gasteiger charge is -2.27. The molecule has 2 heterocycles. The Bertz CT molecular complexity index is 735. The minimum atomic E-state index is 0.183. The molecule has 126 valence electrons. The predicted molar refractivity (Wildman–Crippen MR) is 98.7 cm³/mol. The number of aromatic nitrogens is 2. The molecule has 1 aromatic heterocycles. The standard InChI is InChI=1S/C19H23N3OS/c1-14-4-7-21(8-5-14)18(23)13-24-19-20-6-9-22(19)17-11-15(2)10-16(3)12-17/h6,9-12H,1,4-5,7-8,13H2,2-3H3. The zero-order valence-corrected chi connectivity index (χ0v) is 15.1. The topological polar surface area (TPSA) is 38.1 Å². The van der Waals surface area contributed by atoms with Crippen LogP contribution in [-0.2, 0) is 4.79 Å². The maximum absolute atomic E-state index is 12.4. The Morgan fingerprint density at radius 2 is 1.88 bits per heavy atom. The minimum absolute atomic E-state index is 0.183. The van der Waals surface area contributed by atoms with Crippen LogP contribution in [-0.4, -0.2) is 39.2 Å². The van der Waals surface area contributed by atoms with E-state index < -0.39 is 0 Å².